The Morgan fingerprint density at radius 1 is 1.08 bits per heavy atom. The summed E-state index contributed by atoms with van der Waals surface area (Å²) in [6.07, 6.45) is 1.01. The van der Waals surface area contributed by atoms with Crippen LogP contribution in [-0.4, -0.2) is 59.9 Å². The van der Waals surface area contributed by atoms with Gasteiger partial charge in [0.25, 0.3) is 0 Å². The second-order valence-electron chi connectivity index (χ2n) is 5.25. The fraction of sp³-hybridized carbons (Fsp3) is 0.444. The predicted octanol–water partition coefficient (Wildman–Crippen LogP) is 2.96. The predicted molar refractivity (Wildman–Crippen MR) is 99.4 cm³/mol. The maximum atomic E-state index is 9.10. The summed E-state index contributed by atoms with van der Waals surface area (Å²) in [5.74, 6) is -3.65. The zero-order valence-corrected chi connectivity index (χ0v) is 15.4. The smallest absolute Gasteiger partial charge is 0.414 e. The lowest BCUT2D eigenvalue weighted by Gasteiger charge is -2.17. The zero-order valence-electron chi connectivity index (χ0n) is 14.6. The van der Waals surface area contributed by atoms with Crippen LogP contribution in [0.5, 0.6) is 0 Å². The van der Waals surface area contributed by atoms with Crippen molar-refractivity contribution in [3.05, 3.63) is 35.2 Å². The first-order valence-electron chi connectivity index (χ1n) is 8.21. The number of hydrogen-bond donors (Lipinski definition) is 2. The van der Waals surface area contributed by atoms with E-state index in [9.17, 15) is 0 Å². The number of fused-ring (bicyclic) bond motifs is 1. The third-order valence-corrected chi connectivity index (χ3v) is 4.61. The van der Waals surface area contributed by atoms with E-state index in [4.69, 9.17) is 24.5 Å². The maximum Gasteiger partial charge on any atom is 0.414 e. The van der Waals surface area contributed by atoms with Crippen molar-refractivity contribution in [3.8, 4) is 0 Å². The molecule has 0 amide bonds. The Kier molecular flexibility index (Phi) is 9.76. The van der Waals surface area contributed by atoms with Crippen LogP contribution in [0.25, 0.3) is 10.1 Å². The van der Waals surface area contributed by atoms with Gasteiger partial charge in [-0.2, -0.15) is 0 Å². The average molecular weight is 367 g/mol. The highest BCUT2D eigenvalue weighted by Crippen LogP contribution is 2.24. The van der Waals surface area contributed by atoms with Gasteiger partial charge in [0, 0.05) is 11.2 Å². The second-order valence-corrected chi connectivity index (χ2v) is 6.20. The molecule has 2 rings (SSSR count). The van der Waals surface area contributed by atoms with Crippen LogP contribution in [0.3, 0.4) is 0 Å². The molecular weight excluding hydrogens is 342 g/mol. The number of carboxylic acid groups (broad SMARTS) is 2. The molecule has 0 saturated carbocycles. The molecule has 0 bridgehead atoms. The molecule has 6 nitrogen and oxygen atoms in total. The Labute approximate surface area is 151 Å². The summed E-state index contributed by atoms with van der Waals surface area (Å²) in [5.41, 5.74) is 1.40. The summed E-state index contributed by atoms with van der Waals surface area (Å²) in [4.78, 5) is 20.6. The van der Waals surface area contributed by atoms with Crippen molar-refractivity contribution in [1.82, 2.24) is 4.90 Å². The summed E-state index contributed by atoms with van der Waals surface area (Å²) in [6.45, 7) is 9.29. The van der Waals surface area contributed by atoms with Crippen LogP contribution in [0, 0.1) is 0 Å². The maximum absolute atomic E-state index is 9.10. The van der Waals surface area contributed by atoms with Crippen LogP contribution in [-0.2, 0) is 20.7 Å². The van der Waals surface area contributed by atoms with Crippen LogP contribution in [0.4, 0.5) is 0 Å². The largest absolute Gasteiger partial charge is 0.473 e. The van der Waals surface area contributed by atoms with Crippen molar-refractivity contribution in [3.63, 3.8) is 0 Å². The topological polar surface area (TPSA) is 87.1 Å². The van der Waals surface area contributed by atoms with Gasteiger partial charge in [0.05, 0.1) is 13.2 Å². The van der Waals surface area contributed by atoms with E-state index < -0.39 is 11.9 Å². The monoisotopic (exact) mass is 367 g/mol. The summed E-state index contributed by atoms with van der Waals surface area (Å²) in [6, 6.07) is 8.75. The minimum absolute atomic E-state index is 0.816. The van der Waals surface area contributed by atoms with Crippen LogP contribution in [0.15, 0.2) is 29.6 Å². The molecule has 0 fully saturated rings. The number of likely N-dealkylation sites (N-methyl/N-ethyl adjacent to an activating group) is 1. The Morgan fingerprint density at radius 3 is 2.36 bits per heavy atom. The molecule has 1 aromatic heterocycles. The molecule has 25 heavy (non-hydrogen) atoms. The molecule has 1 heterocycles. The number of hydrogen-bond acceptors (Lipinski definition) is 5. The molecule has 0 spiro atoms. The number of carboxylic acids is 2. The van der Waals surface area contributed by atoms with E-state index in [1.54, 1.807) is 0 Å². The summed E-state index contributed by atoms with van der Waals surface area (Å²) >= 11 is 1.81. The second kappa shape index (κ2) is 11.6. The van der Waals surface area contributed by atoms with E-state index in [0.717, 1.165) is 39.3 Å². The van der Waals surface area contributed by atoms with Crippen molar-refractivity contribution in [2.24, 2.45) is 0 Å². The van der Waals surface area contributed by atoms with Crippen LogP contribution >= 0.6 is 11.3 Å². The number of aliphatic carboxylic acids is 2. The summed E-state index contributed by atoms with van der Waals surface area (Å²) in [7, 11) is 0. The molecular formula is C18H25NO5S. The quantitative estimate of drug-likeness (QED) is 0.551. The molecule has 0 saturated heterocycles. The van der Waals surface area contributed by atoms with Crippen molar-refractivity contribution < 1.29 is 24.5 Å². The fourth-order valence-electron chi connectivity index (χ4n) is 2.29. The Bertz CT molecular complexity index is 654. The lowest BCUT2D eigenvalue weighted by Crippen LogP contribution is -2.27. The van der Waals surface area contributed by atoms with Gasteiger partial charge in [-0.15, -0.1) is 11.3 Å². The van der Waals surface area contributed by atoms with Crippen LogP contribution in [0.2, 0.25) is 0 Å². The van der Waals surface area contributed by atoms with E-state index in [0.29, 0.717) is 0 Å². The molecule has 138 valence electrons. The molecule has 1 aromatic carbocycles. The highest BCUT2D eigenvalue weighted by atomic mass is 32.1. The van der Waals surface area contributed by atoms with Gasteiger partial charge >= 0.3 is 11.9 Å². The molecule has 7 heteroatoms. The molecule has 0 radical (unpaired) electrons. The van der Waals surface area contributed by atoms with Gasteiger partial charge in [0.1, 0.15) is 0 Å². The van der Waals surface area contributed by atoms with E-state index in [1.165, 1.54) is 15.6 Å². The minimum Gasteiger partial charge on any atom is -0.473 e. The lowest BCUT2D eigenvalue weighted by molar-refractivity contribution is -0.159. The Hall–Kier alpha value is -1.96. The summed E-state index contributed by atoms with van der Waals surface area (Å²) in [5, 5.41) is 18.3. The highest BCUT2D eigenvalue weighted by molar-refractivity contribution is 7.17. The number of thiophene rings is 1. The SMILES string of the molecule is CCN(CC)CCOCCc1cccc2sccc12.O=C(O)C(=O)O. The molecule has 0 aliphatic rings. The van der Waals surface area contributed by atoms with Crippen LogP contribution < -0.4 is 0 Å². The van der Waals surface area contributed by atoms with Crippen molar-refractivity contribution in [2.75, 3.05) is 32.8 Å². The number of ether oxygens (including phenoxy) is 1. The van der Waals surface area contributed by atoms with Gasteiger partial charge in [0.15, 0.2) is 0 Å². The van der Waals surface area contributed by atoms with Gasteiger partial charge in [-0.05, 0) is 48.0 Å². The lowest BCUT2D eigenvalue weighted by atomic mass is 10.1. The van der Waals surface area contributed by atoms with Crippen LogP contribution in [0.1, 0.15) is 19.4 Å². The van der Waals surface area contributed by atoms with Gasteiger partial charge in [-0.25, -0.2) is 9.59 Å². The summed E-state index contributed by atoms with van der Waals surface area (Å²) < 4.78 is 7.13. The van der Waals surface area contributed by atoms with E-state index >= 15 is 0 Å². The normalized spacial score (nSPS) is 10.5. The third kappa shape index (κ3) is 7.64. The van der Waals surface area contributed by atoms with E-state index in [-0.39, 0.29) is 0 Å². The van der Waals surface area contributed by atoms with Gasteiger partial charge in [0.2, 0.25) is 0 Å². The molecule has 0 atom stereocenters. The fourth-order valence-corrected chi connectivity index (χ4v) is 3.13. The molecule has 0 unspecified atom stereocenters. The first-order chi connectivity index (χ1) is 12.0. The highest BCUT2D eigenvalue weighted by Gasteiger charge is 2.04. The van der Waals surface area contributed by atoms with Gasteiger partial charge in [-0.3, -0.25) is 0 Å². The Morgan fingerprint density at radius 2 is 1.76 bits per heavy atom. The van der Waals surface area contributed by atoms with Crippen molar-refractivity contribution >= 4 is 33.4 Å². The third-order valence-electron chi connectivity index (χ3n) is 3.73. The zero-order chi connectivity index (χ0) is 18.7. The number of benzene rings is 1. The number of carbonyl (C=O) groups is 2. The first kappa shape index (κ1) is 21.1. The van der Waals surface area contributed by atoms with Gasteiger partial charge < -0.3 is 19.8 Å². The molecule has 0 aliphatic carbocycles. The molecule has 2 N–H and O–H groups in total. The molecule has 2 aromatic rings. The van der Waals surface area contributed by atoms with E-state index in [1.807, 2.05) is 11.3 Å². The number of rotatable bonds is 8. The average Bonchev–Trinajstić information content (AvgIpc) is 3.08. The first-order valence-corrected chi connectivity index (χ1v) is 9.08. The number of nitrogens with zero attached hydrogens (tertiary/aromatic N) is 1. The van der Waals surface area contributed by atoms with Crippen molar-refractivity contribution in [1.29, 1.82) is 0 Å². The van der Waals surface area contributed by atoms with Crippen molar-refractivity contribution in [2.45, 2.75) is 20.3 Å². The Balaban J connectivity index is 0.000000450. The standard InChI is InChI=1S/C16H23NOS.C2H2O4/c1-3-17(4-2)10-12-18-11-8-14-6-5-7-16-15(14)9-13-19-16;3-1(4)2(5)6/h5-7,9,13H,3-4,8,10-12H2,1-2H3;(H,3,4)(H,5,6). The van der Waals surface area contributed by atoms with Gasteiger partial charge in [-0.1, -0.05) is 26.0 Å². The molecule has 0 aliphatic heterocycles. The minimum atomic E-state index is -1.82. The van der Waals surface area contributed by atoms with E-state index in [2.05, 4.69) is 48.4 Å².